The summed E-state index contributed by atoms with van der Waals surface area (Å²) in [6.07, 6.45) is 6.46. The number of aryl methyl sites for hydroxylation is 1. The Hall–Kier alpha value is -3.39. The van der Waals surface area contributed by atoms with E-state index in [2.05, 4.69) is 97.4 Å². The van der Waals surface area contributed by atoms with E-state index in [0.717, 1.165) is 22.4 Å². The Morgan fingerprint density at radius 1 is 0.852 bits per heavy atom. The summed E-state index contributed by atoms with van der Waals surface area (Å²) < 4.78 is 2.15. The molecule has 1 aromatic heterocycles. The van der Waals surface area contributed by atoms with E-state index in [9.17, 15) is 0 Å². The molecule has 0 atom stereocenters. The summed E-state index contributed by atoms with van der Waals surface area (Å²) in [6.45, 7) is 2.07. The van der Waals surface area contributed by atoms with E-state index >= 15 is 0 Å². The van der Waals surface area contributed by atoms with Crippen LogP contribution in [0.15, 0.2) is 91.0 Å². The smallest absolute Gasteiger partial charge is 0.140 e. The van der Waals surface area contributed by atoms with Crippen LogP contribution >= 0.6 is 0 Å². The summed E-state index contributed by atoms with van der Waals surface area (Å²) in [5.41, 5.74) is 6.91. The van der Waals surface area contributed by atoms with Gasteiger partial charge in [0.15, 0.2) is 0 Å². The van der Waals surface area contributed by atoms with Crippen LogP contribution in [0.2, 0.25) is 0 Å². The molecule has 0 aliphatic rings. The number of allylic oxidation sites excluding steroid dienone is 3. The van der Waals surface area contributed by atoms with E-state index in [1.54, 1.807) is 0 Å². The van der Waals surface area contributed by atoms with Gasteiger partial charge in [0.1, 0.15) is 5.82 Å². The molecule has 2 nitrogen and oxygen atoms in total. The lowest BCUT2D eigenvalue weighted by atomic mass is 10.0. The van der Waals surface area contributed by atoms with Crippen LogP contribution in [0.3, 0.4) is 0 Å². The highest BCUT2D eigenvalue weighted by atomic mass is 15.1. The van der Waals surface area contributed by atoms with Gasteiger partial charge in [0, 0.05) is 12.6 Å². The molecule has 0 aliphatic carbocycles. The zero-order chi connectivity index (χ0) is 18.6. The number of benzene rings is 3. The minimum absolute atomic E-state index is 0.990. The largest absolute Gasteiger partial charge is 0.327 e. The fourth-order valence-corrected chi connectivity index (χ4v) is 3.32. The van der Waals surface area contributed by atoms with Crippen LogP contribution in [-0.4, -0.2) is 9.55 Å². The Bertz CT molecular complexity index is 1110. The molecule has 0 fully saturated rings. The second-order valence-electron chi connectivity index (χ2n) is 6.55. The molecule has 0 unspecified atom stereocenters. The molecular weight excluding hydrogens is 328 g/mol. The molecule has 3 aromatic carbocycles. The van der Waals surface area contributed by atoms with Crippen molar-refractivity contribution < 1.29 is 0 Å². The molecule has 0 radical (unpaired) electrons. The number of nitrogens with zero attached hydrogens (tertiary/aromatic N) is 2. The average molecular weight is 350 g/mol. The van der Waals surface area contributed by atoms with Crippen LogP contribution in [-0.2, 0) is 7.05 Å². The standard InChI is InChI=1S/C25H22N2/c1-3-20(14-13-19-9-5-4-6-10-19)21-15-17-22(18-16-21)25-26-23-11-7-8-12-24(23)27(25)2/h3-18H,1-2H3/b14-13-,20-3+. The van der Waals surface area contributed by atoms with Crippen LogP contribution in [0.5, 0.6) is 0 Å². The number of aromatic nitrogens is 2. The third kappa shape index (κ3) is 3.47. The van der Waals surface area contributed by atoms with Crippen molar-refractivity contribution in [3.63, 3.8) is 0 Å². The van der Waals surface area contributed by atoms with Crippen LogP contribution < -0.4 is 0 Å². The topological polar surface area (TPSA) is 17.8 Å². The molecule has 27 heavy (non-hydrogen) atoms. The lowest BCUT2D eigenvalue weighted by Crippen LogP contribution is -1.92. The van der Waals surface area contributed by atoms with E-state index in [-0.39, 0.29) is 0 Å². The first-order chi connectivity index (χ1) is 13.3. The van der Waals surface area contributed by atoms with Crippen molar-refractivity contribution in [2.24, 2.45) is 7.05 Å². The van der Waals surface area contributed by atoms with Crippen LogP contribution in [0.25, 0.3) is 34.1 Å². The maximum Gasteiger partial charge on any atom is 0.140 e. The predicted molar refractivity (Wildman–Crippen MR) is 115 cm³/mol. The van der Waals surface area contributed by atoms with Gasteiger partial charge in [-0.2, -0.15) is 0 Å². The van der Waals surface area contributed by atoms with Gasteiger partial charge in [-0.3, -0.25) is 0 Å². The molecule has 2 heteroatoms. The van der Waals surface area contributed by atoms with E-state index in [1.165, 1.54) is 16.7 Å². The molecule has 0 N–H and O–H groups in total. The van der Waals surface area contributed by atoms with Crippen LogP contribution in [0, 0.1) is 0 Å². The molecule has 0 bridgehead atoms. The van der Waals surface area contributed by atoms with E-state index in [1.807, 2.05) is 18.2 Å². The normalized spacial score (nSPS) is 12.1. The first kappa shape index (κ1) is 17.0. The number of para-hydroxylation sites is 2. The van der Waals surface area contributed by atoms with Gasteiger partial charge in [-0.05, 0) is 35.8 Å². The Balaban J connectivity index is 1.63. The third-order valence-corrected chi connectivity index (χ3v) is 4.83. The SMILES string of the molecule is C/C=C(\C=C/c1ccccc1)c1ccc(-c2nc3ccccc3n2C)cc1. The fraction of sp³-hybridized carbons (Fsp3) is 0.0800. The van der Waals surface area contributed by atoms with Crippen molar-refractivity contribution in [2.75, 3.05) is 0 Å². The van der Waals surface area contributed by atoms with Crippen molar-refractivity contribution in [1.29, 1.82) is 0 Å². The van der Waals surface area contributed by atoms with Gasteiger partial charge >= 0.3 is 0 Å². The third-order valence-electron chi connectivity index (χ3n) is 4.83. The minimum atomic E-state index is 0.990. The second kappa shape index (κ2) is 7.46. The number of hydrogen-bond donors (Lipinski definition) is 0. The first-order valence-corrected chi connectivity index (χ1v) is 9.18. The van der Waals surface area contributed by atoms with Gasteiger partial charge in [-0.15, -0.1) is 0 Å². The lowest BCUT2D eigenvalue weighted by Gasteiger charge is -2.06. The van der Waals surface area contributed by atoms with Crippen LogP contribution in [0.1, 0.15) is 18.1 Å². The Kier molecular flexibility index (Phi) is 4.71. The van der Waals surface area contributed by atoms with Crippen molar-refractivity contribution in [1.82, 2.24) is 9.55 Å². The zero-order valence-electron chi connectivity index (χ0n) is 15.6. The maximum atomic E-state index is 4.79. The molecule has 4 rings (SSSR count). The second-order valence-corrected chi connectivity index (χ2v) is 6.55. The van der Waals surface area contributed by atoms with Gasteiger partial charge < -0.3 is 4.57 Å². The summed E-state index contributed by atoms with van der Waals surface area (Å²) in [4.78, 5) is 4.79. The Labute approximate surface area is 160 Å². The molecule has 1 heterocycles. The van der Waals surface area contributed by atoms with Crippen molar-refractivity contribution in [2.45, 2.75) is 6.92 Å². The summed E-state index contributed by atoms with van der Waals surface area (Å²) in [7, 11) is 2.07. The molecular formula is C25H22N2. The number of fused-ring (bicyclic) bond motifs is 1. The van der Waals surface area contributed by atoms with Crippen LogP contribution in [0.4, 0.5) is 0 Å². The molecule has 0 saturated carbocycles. The minimum Gasteiger partial charge on any atom is -0.327 e. The summed E-state index contributed by atoms with van der Waals surface area (Å²) in [6, 6.07) is 27.2. The number of hydrogen-bond acceptors (Lipinski definition) is 1. The van der Waals surface area contributed by atoms with E-state index < -0.39 is 0 Å². The van der Waals surface area contributed by atoms with E-state index in [0.29, 0.717) is 0 Å². The maximum absolute atomic E-state index is 4.79. The summed E-state index contributed by atoms with van der Waals surface area (Å²) >= 11 is 0. The molecule has 132 valence electrons. The van der Waals surface area contributed by atoms with Gasteiger partial charge in [-0.25, -0.2) is 4.98 Å². The van der Waals surface area contributed by atoms with Crippen molar-refractivity contribution in [3.05, 3.63) is 102 Å². The monoisotopic (exact) mass is 350 g/mol. The van der Waals surface area contributed by atoms with E-state index in [4.69, 9.17) is 4.98 Å². The van der Waals surface area contributed by atoms with Gasteiger partial charge in [0.2, 0.25) is 0 Å². The van der Waals surface area contributed by atoms with Gasteiger partial charge in [0.25, 0.3) is 0 Å². The molecule has 0 amide bonds. The lowest BCUT2D eigenvalue weighted by molar-refractivity contribution is 0.959. The first-order valence-electron chi connectivity index (χ1n) is 9.18. The zero-order valence-corrected chi connectivity index (χ0v) is 15.6. The average Bonchev–Trinajstić information content (AvgIpc) is 3.07. The quantitative estimate of drug-likeness (QED) is 0.392. The molecule has 0 saturated heterocycles. The van der Waals surface area contributed by atoms with Gasteiger partial charge in [-0.1, -0.05) is 85.0 Å². The van der Waals surface area contributed by atoms with Crippen molar-refractivity contribution in [3.8, 4) is 11.4 Å². The Morgan fingerprint density at radius 3 is 2.26 bits per heavy atom. The summed E-state index contributed by atoms with van der Waals surface area (Å²) in [5.74, 6) is 0.990. The predicted octanol–water partition coefficient (Wildman–Crippen LogP) is 6.36. The van der Waals surface area contributed by atoms with Gasteiger partial charge in [0.05, 0.1) is 11.0 Å². The summed E-state index contributed by atoms with van der Waals surface area (Å²) in [5, 5.41) is 0. The van der Waals surface area contributed by atoms with Crippen molar-refractivity contribution >= 4 is 22.7 Å². The highest BCUT2D eigenvalue weighted by molar-refractivity contribution is 5.82. The number of rotatable bonds is 4. The fourth-order valence-electron chi connectivity index (χ4n) is 3.32. The molecule has 0 spiro atoms. The highest BCUT2D eigenvalue weighted by Crippen LogP contribution is 2.26. The molecule has 0 aliphatic heterocycles. The molecule has 4 aromatic rings. The highest BCUT2D eigenvalue weighted by Gasteiger charge is 2.09. The Morgan fingerprint density at radius 2 is 1.56 bits per heavy atom. The number of imidazole rings is 1.